The van der Waals surface area contributed by atoms with E-state index in [0.29, 0.717) is 6.54 Å². The van der Waals surface area contributed by atoms with Crippen LogP contribution < -0.4 is 15.5 Å². The minimum Gasteiger partial charge on any atom is -0.351 e. The SMILES string of the molecule is NCC(c1ccccc1)c1cnc(N2CCN(c3ncnn4cc(-c5ccc(F)cc5)cc34)CC2)nc1. The predicted molar refractivity (Wildman–Crippen MR) is 142 cm³/mol. The highest BCUT2D eigenvalue weighted by atomic mass is 19.1. The lowest BCUT2D eigenvalue weighted by molar-refractivity contribution is 0.628. The number of fused-ring (bicyclic) bond motifs is 1. The van der Waals surface area contributed by atoms with Crippen LogP contribution in [0.2, 0.25) is 0 Å². The van der Waals surface area contributed by atoms with Crippen molar-refractivity contribution in [2.45, 2.75) is 5.92 Å². The summed E-state index contributed by atoms with van der Waals surface area (Å²) in [6.45, 7) is 3.62. The fraction of sp³-hybridized carbons (Fsp3) is 0.214. The van der Waals surface area contributed by atoms with Crippen LogP contribution in [-0.2, 0) is 0 Å². The molecule has 1 atom stereocenters. The van der Waals surface area contributed by atoms with Gasteiger partial charge in [0.05, 0.1) is 0 Å². The highest BCUT2D eigenvalue weighted by Gasteiger charge is 2.23. The summed E-state index contributed by atoms with van der Waals surface area (Å²) in [6.07, 6.45) is 7.31. The van der Waals surface area contributed by atoms with Crippen LogP contribution in [0.3, 0.4) is 0 Å². The molecule has 0 saturated carbocycles. The number of rotatable bonds is 6. The summed E-state index contributed by atoms with van der Waals surface area (Å²) >= 11 is 0. The van der Waals surface area contributed by atoms with E-state index in [9.17, 15) is 4.39 Å². The molecule has 1 unspecified atom stereocenters. The molecule has 3 aromatic heterocycles. The first-order chi connectivity index (χ1) is 18.2. The molecule has 0 amide bonds. The molecule has 9 heteroatoms. The van der Waals surface area contributed by atoms with Crippen LogP contribution in [-0.4, -0.2) is 57.3 Å². The van der Waals surface area contributed by atoms with Gasteiger partial charge in [-0.15, -0.1) is 0 Å². The average molecular weight is 495 g/mol. The van der Waals surface area contributed by atoms with Crippen LogP contribution in [0, 0.1) is 5.82 Å². The van der Waals surface area contributed by atoms with Crippen molar-refractivity contribution in [3.8, 4) is 11.1 Å². The Balaban J connectivity index is 1.16. The van der Waals surface area contributed by atoms with Gasteiger partial charge in [-0.3, -0.25) is 0 Å². The van der Waals surface area contributed by atoms with E-state index in [2.05, 4.69) is 48.0 Å². The maximum Gasteiger partial charge on any atom is 0.225 e. The van der Waals surface area contributed by atoms with E-state index in [0.717, 1.165) is 60.2 Å². The fourth-order valence-electron chi connectivity index (χ4n) is 4.90. The molecule has 2 N–H and O–H groups in total. The largest absolute Gasteiger partial charge is 0.351 e. The maximum atomic E-state index is 13.4. The second kappa shape index (κ2) is 9.94. The lowest BCUT2D eigenvalue weighted by Gasteiger charge is -2.35. The number of aromatic nitrogens is 5. The van der Waals surface area contributed by atoms with Crippen molar-refractivity contribution in [2.24, 2.45) is 5.73 Å². The Hall–Kier alpha value is -4.37. The van der Waals surface area contributed by atoms with E-state index >= 15 is 0 Å². The number of halogens is 1. The second-order valence-corrected chi connectivity index (χ2v) is 9.14. The third-order valence-corrected chi connectivity index (χ3v) is 6.92. The number of benzene rings is 2. The van der Waals surface area contributed by atoms with Crippen molar-refractivity contribution in [3.63, 3.8) is 0 Å². The Bertz CT molecular complexity index is 1480. The highest BCUT2D eigenvalue weighted by molar-refractivity contribution is 5.77. The standard InChI is InChI=1S/C28H27FN8/c29-24-8-6-20(7-9-24)22-14-26-27(33-19-34-37(26)18-22)35-10-12-36(13-11-35)28-31-16-23(17-32-28)25(15-30)21-4-2-1-3-5-21/h1-9,14,16-19,25H,10-13,15,30H2. The molecule has 8 nitrogen and oxygen atoms in total. The van der Waals surface area contributed by atoms with Gasteiger partial charge in [0, 0.05) is 62.8 Å². The zero-order chi connectivity index (χ0) is 25.2. The van der Waals surface area contributed by atoms with Crippen LogP contribution >= 0.6 is 0 Å². The van der Waals surface area contributed by atoms with Crippen molar-refractivity contribution in [3.05, 3.63) is 103 Å². The topological polar surface area (TPSA) is 88.5 Å². The first kappa shape index (κ1) is 23.1. The van der Waals surface area contributed by atoms with Gasteiger partial charge in [0.2, 0.25) is 5.95 Å². The molecule has 0 radical (unpaired) electrons. The number of nitrogens with zero attached hydrogens (tertiary/aromatic N) is 7. The lowest BCUT2D eigenvalue weighted by Crippen LogP contribution is -2.47. The van der Waals surface area contributed by atoms with Gasteiger partial charge in [0.1, 0.15) is 17.7 Å². The summed E-state index contributed by atoms with van der Waals surface area (Å²) in [5.74, 6) is 1.43. The molecule has 0 spiro atoms. The van der Waals surface area contributed by atoms with Crippen molar-refractivity contribution < 1.29 is 4.39 Å². The van der Waals surface area contributed by atoms with Gasteiger partial charge in [0.25, 0.3) is 0 Å². The van der Waals surface area contributed by atoms with Gasteiger partial charge in [-0.1, -0.05) is 42.5 Å². The van der Waals surface area contributed by atoms with Crippen LogP contribution in [0.15, 0.2) is 85.6 Å². The molecule has 1 fully saturated rings. The van der Waals surface area contributed by atoms with Crippen molar-refractivity contribution >= 4 is 17.3 Å². The Labute approximate surface area is 214 Å². The summed E-state index contributed by atoms with van der Waals surface area (Å²) in [6, 6.07) is 18.8. The smallest absolute Gasteiger partial charge is 0.225 e. The number of hydrogen-bond acceptors (Lipinski definition) is 7. The summed E-state index contributed by atoms with van der Waals surface area (Å²) < 4.78 is 15.2. The van der Waals surface area contributed by atoms with E-state index in [1.54, 1.807) is 18.5 Å². The summed E-state index contributed by atoms with van der Waals surface area (Å²) in [7, 11) is 0. The Kier molecular flexibility index (Phi) is 6.20. The van der Waals surface area contributed by atoms with E-state index in [1.165, 1.54) is 17.7 Å². The molecular weight excluding hydrogens is 467 g/mol. The zero-order valence-electron chi connectivity index (χ0n) is 20.3. The molecule has 37 heavy (non-hydrogen) atoms. The first-order valence-corrected chi connectivity index (χ1v) is 12.4. The Morgan fingerprint density at radius 1 is 0.811 bits per heavy atom. The Morgan fingerprint density at radius 2 is 1.51 bits per heavy atom. The summed E-state index contributed by atoms with van der Waals surface area (Å²) in [4.78, 5) is 18.4. The highest BCUT2D eigenvalue weighted by Crippen LogP contribution is 2.28. The van der Waals surface area contributed by atoms with Crippen LogP contribution in [0.25, 0.3) is 16.6 Å². The summed E-state index contributed by atoms with van der Waals surface area (Å²) in [5, 5.41) is 4.38. The Morgan fingerprint density at radius 3 is 2.22 bits per heavy atom. The number of anilines is 2. The van der Waals surface area contributed by atoms with Crippen molar-refractivity contribution in [1.82, 2.24) is 24.6 Å². The minimum absolute atomic E-state index is 0.0779. The van der Waals surface area contributed by atoms with Gasteiger partial charge < -0.3 is 15.5 Å². The predicted octanol–water partition coefficient (Wildman–Crippen LogP) is 3.74. The van der Waals surface area contributed by atoms with Crippen molar-refractivity contribution in [1.29, 1.82) is 0 Å². The number of nitrogens with two attached hydrogens (primary N) is 1. The third-order valence-electron chi connectivity index (χ3n) is 6.92. The maximum absolute atomic E-state index is 13.4. The molecular formula is C28H27FN8. The van der Waals surface area contributed by atoms with E-state index < -0.39 is 0 Å². The second-order valence-electron chi connectivity index (χ2n) is 9.14. The third kappa shape index (κ3) is 4.61. The normalized spacial score (nSPS) is 14.8. The van der Waals surface area contributed by atoms with Gasteiger partial charge in [-0.05, 0) is 34.9 Å². The zero-order valence-corrected chi connectivity index (χ0v) is 20.3. The molecule has 6 rings (SSSR count). The molecule has 1 aliphatic rings. The first-order valence-electron chi connectivity index (χ1n) is 12.4. The van der Waals surface area contributed by atoms with Crippen LogP contribution in [0.1, 0.15) is 17.0 Å². The summed E-state index contributed by atoms with van der Waals surface area (Å²) in [5.41, 5.74) is 11.1. The molecule has 0 aliphatic carbocycles. The number of hydrogen-bond donors (Lipinski definition) is 1. The average Bonchev–Trinajstić information content (AvgIpc) is 3.40. The molecule has 0 bridgehead atoms. The lowest BCUT2D eigenvalue weighted by atomic mass is 9.93. The number of piperazine rings is 1. The molecule has 186 valence electrons. The quantitative estimate of drug-likeness (QED) is 0.385. The molecule has 5 aromatic rings. The van der Waals surface area contributed by atoms with Gasteiger partial charge in [-0.2, -0.15) is 5.10 Å². The van der Waals surface area contributed by atoms with E-state index in [1.807, 2.05) is 41.3 Å². The van der Waals surface area contributed by atoms with Gasteiger partial charge in [0.15, 0.2) is 5.82 Å². The van der Waals surface area contributed by atoms with Gasteiger partial charge >= 0.3 is 0 Å². The molecule has 2 aromatic carbocycles. The van der Waals surface area contributed by atoms with E-state index in [4.69, 9.17) is 5.73 Å². The monoisotopic (exact) mass is 494 g/mol. The molecule has 1 saturated heterocycles. The van der Waals surface area contributed by atoms with E-state index in [-0.39, 0.29) is 11.7 Å². The van der Waals surface area contributed by atoms with Gasteiger partial charge in [-0.25, -0.2) is 23.9 Å². The molecule has 4 heterocycles. The van der Waals surface area contributed by atoms with Crippen molar-refractivity contribution in [2.75, 3.05) is 42.5 Å². The molecule has 1 aliphatic heterocycles. The minimum atomic E-state index is -0.250. The fourth-order valence-corrected chi connectivity index (χ4v) is 4.90. The van der Waals surface area contributed by atoms with Crippen LogP contribution in [0.4, 0.5) is 16.2 Å². The van der Waals surface area contributed by atoms with Crippen LogP contribution in [0.5, 0.6) is 0 Å².